The van der Waals surface area contributed by atoms with Crippen LogP contribution in [0.4, 0.5) is 0 Å². The number of amides is 1. The van der Waals surface area contributed by atoms with Crippen molar-refractivity contribution in [2.75, 3.05) is 0 Å². The minimum absolute atomic E-state index is 0.0654. The van der Waals surface area contributed by atoms with Crippen LogP contribution in [0.1, 0.15) is 43.6 Å². The number of pyridine rings is 1. The van der Waals surface area contributed by atoms with Gasteiger partial charge >= 0.3 is 0 Å². The summed E-state index contributed by atoms with van der Waals surface area (Å²) in [4.78, 5) is 18.2. The molecule has 0 aliphatic carbocycles. The average molecular weight is 220 g/mol. The van der Waals surface area contributed by atoms with Crippen LogP contribution in [0.2, 0.25) is 0 Å². The van der Waals surface area contributed by atoms with Crippen molar-refractivity contribution in [2.45, 2.75) is 46.7 Å². The molecule has 0 atom stereocenters. The fourth-order valence-corrected chi connectivity index (χ4v) is 1.89. The van der Waals surface area contributed by atoms with Crippen LogP contribution < -0.4 is 0 Å². The summed E-state index contributed by atoms with van der Waals surface area (Å²) < 4.78 is 0. The summed E-state index contributed by atoms with van der Waals surface area (Å²) in [6.45, 7) is 10.1. The summed E-state index contributed by atoms with van der Waals surface area (Å²) in [6, 6.07) is 2.27. The van der Waals surface area contributed by atoms with Crippen molar-refractivity contribution in [3.05, 3.63) is 29.6 Å². The first-order valence-corrected chi connectivity index (χ1v) is 5.68. The van der Waals surface area contributed by atoms with Gasteiger partial charge in [-0.3, -0.25) is 9.78 Å². The van der Waals surface area contributed by atoms with Crippen molar-refractivity contribution in [3.63, 3.8) is 0 Å². The van der Waals surface area contributed by atoms with Gasteiger partial charge in [-0.15, -0.1) is 0 Å². The van der Waals surface area contributed by atoms with Crippen molar-refractivity contribution in [2.24, 2.45) is 0 Å². The van der Waals surface area contributed by atoms with Gasteiger partial charge in [0.15, 0.2) is 0 Å². The third-order valence-electron chi connectivity index (χ3n) is 2.62. The number of carbonyl (C=O) groups excluding carboxylic acids is 1. The molecule has 0 aromatic carbocycles. The fourth-order valence-electron chi connectivity index (χ4n) is 1.89. The van der Waals surface area contributed by atoms with E-state index in [-0.39, 0.29) is 18.0 Å². The van der Waals surface area contributed by atoms with Gasteiger partial charge in [0.25, 0.3) is 5.91 Å². The first-order valence-electron chi connectivity index (χ1n) is 5.68. The van der Waals surface area contributed by atoms with Gasteiger partial charge in [0.1, 0.15) is 0 Å². The molecule has 1 rings (SSSR count). The monoisotopic (exact) mass is 220 g/mol. The quantitative estimate of drug-likeness (QED) is 0.784. The van der Waals surface area contributed by atoms with Crippen molar-refractivity contribution in [1.29, 1.82) is 0 Å². The number of aryl methyl sites for hydroxylation is 1. The van der Waals surface area contributed by atoms with E-state index in [0.717, 1.165) is 5.56 Å². The molecule has 1 aromatic rings. The van der Waals surface area contributed by atoms with Crippen LogP contribution in [0.15, 0.2) is 18.5 Å². The van der Waals surface area contributed by atoms with Gasteiger partial charge in [0, 0.05) is 24.5 Å². The Morgan fingerprint density at radius 2 is 1.81 bits per heavy atom. The van der Waals surface area contributed by atoms with E-state index in [9.17, 15) is 4.79 Å². The molecule has 16 heavy (non-hydrogen) atoms. The van der Waals surface area contributed by atoms with E-state index >= 15 is 0 Å². The van der Waals surface area contributed by atoms with E-state index in [4.69, 9.17) is 0 Å². The summed E-state index contributed by atoms with van der Waals surface area (Å²) in [5.74, 6) is 0.0654. The summed E-state index contributed by atoms with van der Waals surface area (Å²) in [6.07, 6.45) is 3.36. The highest BCUT2D eigenvalue weighted by Crippen LogP contribution is 2.14. The molecule has 0 fully saturated rings. The third-order valence-corrected chi connectivity index (χ3v) is 2.62. The Labute approximate surface area is 97.5 Å². The Balaban J connectivity index is 3.05. The minimum Gasteiger partial charge on any atom is -0.334 e. The lowest BCUT2D eigenvalue weighted by molar-refractivity contribution is 0.0642. The molecule has 0 radical (unpaired) electrons. The van der Waals surface area contributed by atoms with Gasteiger partial charge in [-0.2, -0.15) is 0 Å². The highest BCUT2D eigenvalue weighted by molar-refractivity contribution is 5.95. The zero-order valence-electron chi connectivity index (χ0n) is 10.7. The number of nitrogens with zero attached hydrogens (tertiary/aromatic N) is 2. The second-order valence-electron chi connectivity index (χ2n) is 4.59. The first-order chi connectivity index (χ1) is 7.45. The third kappa shape index (κ3) is 2.60. The Kier molecular flexibility index (Phi) is 4.05. The van der Waals surface area contributed by atoms with Gasteiger partial charge in [-0.05, 0) is 46.2 Å². The smallest absolute Gasteiger partial charge is 0.256 e. The van der Waals surface area contributed by atoms with E-state index in [1.807, 2.05) is 45.6 Å². The van der Waals surface area contributed by atoms with Crippen LogP contribution in [-0.4, -0.2) is 27.9 Å². The van der Waals surface area contributed by atoms with Crippen molar-refractivity contribution < 1.29 is 4.79 Å². The summed E-state index contributed by atoms with van der Waals surface area (Å²) in [7, 11) is 0. The standard InChI is InChI=1S/C13H20N2O/c1-9(2)15(10(3)4)13(16)12-8-14-7-6-11(12)5/h6-10H,1-5H3. The van der Waals surface area contributed by atoms with Crippen LogP contribution in [0.3, 0.4) is 0 Å². The van der Waals surface area contributed by atoms with Crippen LogP contribution in [-0.2, 0) is 0 Å². The van der Waals surface area contributed by atoms with E-state index in [1.54, 1.807) is 12.4 Å². The number of hydrogen-bond acceptors (Lipinski definition) is 2. The van der Waals surface area contributed by atoms with Crippen molar-refractivity contribution in [3.8, 4) is 0 Å². The lowest BCUT2D eigenvalue weighted by atomic mass is 10.1. The van der Waals surface area contributed by atoms with Gasteiger partial charge < -0.3 is 4.90 Å². The second kappa shape index (κ2) is 5.10. The molecule has 0 saturated heterocycles. The topological polar surface area (TPSA) is 33.2 Å². The molecular formula is C13H20N2O. The molecule has 1 aromatic heterocycles. The molecule has 3 heteroatoms. The molecule has 0 bridgehead atoms. The predicted octanol–water partition coefficient (Wildman–Crippen LogP) is 2.65. The lowest BCUT2D eigenvalue weighted by Gasteiger charge is -2.31. The molecule has 88 valence electrons. The van der Waals surface area contributed by atoms with Crippen molar-refractivity contribution >= 4 is 5.91 Å². The number of carbonyl (C=O) groups is 1. The Morgan fingerprint density at radius 3 is 2.25 bits per heavy atom. The largest absolute Gasteiger partial charge is 0.334 e. The Bertz CT molecular complexity index is 364. The highest BCUT2D eigenvalue weighted by Gasteiger charge is 2.22. The average Bonchev–Trinajstić information content (AvgIpc) is 2.16. The SMILES string of the molecule is Cc1ccncc1C(=O)N(C(C)C)C(C)C. The van der Waals surface area contributed by atoms with Gasteiger partial charge in [-0.1, -0.05) is 0 Å². The van der Waals surface area contributed by atoms with Crippen LogP contribution in [0, 0.1) is 6.92 Å². The van der Waals surface area contributed by atoms with E-state index in [1.165, 1.54) is 0 Å². The maximum Gasteiger partial charge on any atom is 0.256 e. The lowest BCUT2D eigenvalue weighted by Crippen LogP contribution is -2.42. The van der Waals surface area contributed by atoms with E-state index in [2.05, 4.69) is 4.98 Å². The molecule has 0 spiro atoms. The Morgan fingerprint density at radius 1 is 1.25 bits per heavy atom. The maximum atomic E-state index is 12.3. The molecule has 0 N–H and O–H groups in total. The molecule has 0 unspecified atom stereocenters. The highest BCUT2D eigenvalue weighted by atomic mass is 16.2. The van der Waals surface area contributed by atoms with E-state index < -0.39 is 0 Å². The van der Waals surface area contributed by atoms with Gasteiger partial charge in [0.2, 0.25) is 0 Å². The van der Waals surface area contributed by atoms with E-state index in [0.29, 0.717) is 5.56 Å². The van der Waals surface area contributed by atoms with Gasteiger partial charge in [0.05, 0.1) is 5.56 Å². The summed E-state index contributed by atoms with van der Waals surface area (Å²) in [5, 5.41) is 0. The van der Waals surface area contributed by atoms with Gasteiger partial charge in [-0.25, -0.2) is 0 Å². The zero-order chi connectivity index (χ0) is 12.3. The predicted molar refractivity (Wildman–Crippen MR) is 65.4 cm³/mol. The van der Waals surface area contributed by atoms with Crippen molar-refractivity contribution in [1.82, 2.24) is 9.88 Å². The normalized spacial score (nSPS) is 10.9. The Hall–Kier alpha value is -1.38. The molecule has 3 nitrogen and oxygen atoms in total. The maximum absolute atomic E-state index is 12.3. The second-order valence-corrected chi connectivity index (χ2v) is 4.59. The fraction of sp³-hybridized carbons (Fsp3) is 0.538. The first kappa shape index (κ1) is 12.7. The molecule has 1 heterocycles. The molecule has 0 aliphatic heterocycles. The molecule has 0 aliphatic rings. The minimum atomic E-state index is 0.0654. The number of rotatable bonds is 3. The summed E-state index contributed by atoms with van der Waals surface area (Å²) in [5.41, 5.74) is 1.68. The number of hydrogen-bond donors (Lipinski definition) is 0. The zero-order valence-corrected chi connectivity index (χ0v) is 10.7. The molecule has 1 amide bonds. The van der Waals surface area contributed by atoms with Crippen LogP contribution in [0.5, 0.6) is 0 Å². The molecule has 0 saturated carbocycles. The summed E-state index contributed by atoms with van der Waals surface area (Å²) >= 11 is 0. The van der Waals surface area contributed by atoms with Crippen LogP contribution in [0.25, 0.3) is 0 Å². The van der Waals surface area contributed by atoms with Crippen LogP contribution >= 0.6 is 0 Å². The molecular weight excluding hydrogens is 200 g/mol. The number of aromatic nitrogens is 1.